The van der Waals surface area contributed by atoms with Gasteiger partial charge in [0.05, 0.1) is 26.4 Å². The van der Waals surface area contributed by atoms with E-state index in [4.69, 9.17) is 37.0 Å². The van der Waals surface area contributed by atoms with Crippen LogP contribution in [0.2, 0.25) is 0 Å². The second-order valence-electron chi connectivity index (χ2n) is 26.6. The van der Waals surface area contributed by atoms with Crippen molar-refractivity contribution in [3.63, 3.8) is 0 Å². The molecule has 0 radical (unpaired) electrons. The fraction of sp³-hybridized carbons (Fsp3) is 0.694. The third-order valence-corrected chi connectivity index (χ3v) is 18.5. The SMILES string of the molecule is CC/C=C\C/C=C\C/C=C\C/C=C\C/C=C\CCCC(=O)OC(COC(=O)CCCCCCCC/C=C\C/C=C\C/C=C\C/C=C\CC)COP(=O)(O)OCC(O)COP(=O)(O)OCC(COC(=O)CCCCCCC/C=C\CCCCCCCC)OC(=O)CCCCCCC/C=C\CCCCCC. The van der Waals surface area contributed by atoms with Crippen molar-refractivity contribution in [3.8, 4) is 0 Å². The van der Waals surface area contributed by atoms with Gasteiger partial charge < -0.3 is 33.8 Å². The third-order valence-electron chi connectivity index (χ3n) is 16.6. The smallest absolute Gasteiger partial charge is 0.462 e. The molecule has 5 atom stereocenters. The number of aliphatic hydroxyl groups excluding tert-OH is 1. The van der Waals surface area contributed by atoms with Crippen LogP contribution in [0.1, 0.15) is 323 Å². The van der Waals surface area contributed by atoms with Crippen LogP contribution < -0.4 is 0 Å². The van der Waals surface area contributed by atoms with Gasteiger partial charge in [0.2, 0.25) is 0 Å². The van der Waals surface area contributed by atoms with Crippen LogP contribution in [0.4, 0.5) is 0 Å². The molecule has 0 aromatic carbocycles. The summed E-state index contributed by atoms with van der Waals surface area (Å²) in [7, 11) is -9.99. The molecule has 0 fully saturated rings. The van der Waals surface area contributed by atoms with Crippen molar-refractivity contribution in [2.24, 2.45) is 0 Å². The summed E-state index contributed by atoms with van der Waals surface area (Å²) in [6.45, 7) is 4.55. The minimum absolute atomic E-state index is 0.00966. The maximum Gasteiger partial charge on any atom is 0.472 e. The summed E-state index contributed by atoms with van der Waals surface area (Å²) >= 11 is 0. The second-order valence-corrected chi connectivity index (χ2v) is 29.5. The predicted molar refractivity (Wildman–Crippen MR) is 427 cm³/mol. The molecule has 5 unspecified atom stereocenters. The lowest BCUT2D eigenvalue weighted by molar-refractivity contribution is -0.161. The van der Waals surface area contributed by atoms with Crippen LogP contribution >= 0.6 is 15.6 Å². The van der Waals surface area contributed by atoms with Gasteiger partial charge in [-0.15, -0.1) is 0 Å². The quantitative estimate of drug-likeness (QED) is 0.0169. The molecule has 0 rings (SSSR count). The normalized spacial score (nSPS) is 14.6. The number of hydrogen-bond donors (Lipinski definition) is 3. The summed E-state index contributed by atoms with van der Waals surface area (Å²) in [5.74, 6) is -2.27. The predicted octanol–water partition coefficient (Wildman–Crippen LogP) is 23.7. The summed E-state index contributed by atoms with van der Waals surface area (Å²) in [4.78, 5) is 73.0. The molecule has 596 valence electrons. The van der Waals surface area contributed by atoms with E-state index in [0.29, 0.717) is 32.1 Å². The van der Waals surface area contributed by atoms with E-state index in [2.05, 4.69) is 149 Å². The molecule has 0 amide bonds. The van der Waals surface area contributed by atoms with Gasteiger partial charge >= 0.3 is 39.5 Å². The second kappa shape index (κ2) is 76.4. The van der Waals surface area contributed by atoms with E-state index in [-0.39, 0.29) is 25.7 Å². The highest BCUT2D eigenvalue weighted by molar-refractivity contribution is 7.47. The number of aliphatic hydroxyl groups is 1. The first-order valence-corrected chi connectivity index (χ1v) is 43.4. The number of esters is 4. The van der Waals surface area contributed by atoms with Crippen molar-refractivity contribution in [2.75, 3.05) is 39.6 Å². The van der Waals surface area contributed by atoms with Crippen molar-refractivity contribution >= 4 is 39.5 Å². The van der Waals surface area contributed by atoms with Gasteiger partial charge in [-0.3, -0.25) is 37.3 Å². The van der Waals surface area contributed by atoms with Crippen molar-refractivity contribution in [2.45, 2.75) is 341 Å². The van der Waals surface area contributed by atoms with Crippen LogP contribution in [0.3, 0.4) is 0 Å². The Hall–Kier alpha value is -4.80. The molecule has 0 saturated heterocycles. The molecule has 0 saturated carbocycles. The first kappa shape index (κ1) is 99.2. The van der Waals surface area contributed by atoms with E-state index in [1.807, 2.05) is 12.2 Å². The number of allylic oxidation sites excluding steroid dienone is 22. The fourth-order valence-electron chi connectivity index (χ4n) is 10.5. The summed E-state index contributed by atoms with van der Waals surface area (Å²) in [6, 6.07) is 0. The molecule has 0 bridgehead atoms. The fourth-order valence-corrected chi connectivity index (χ4v) is 12.1. The minimum atomic E-state index is -5.00. The average Bonchev–Trinajstić information content (AvgIpc) is 0.917. The molecular formula is C85H144O17P2. The lowest BCUT2D eigenvalue weighted by Gasteiger charge is -2.21. The first-order valence-electron chi connectivity index (χ1n) is 40.4. The Labute approximate surface area is 631 Å². The lowest BCUT2D eigenvalue weighted by atomic mass is 10.1. The Kier molecular flexibility index (Phi) is 72.9. The van der Waals surface area contributed by atoms with E-state index in [1.165, 1.54) is 64.2 Å². The number of phosphoric acid groups is 2. The number of carbonyl (C=O) groups excluding carboxylic acids is 4. The van der Waals surface area contributed by atoms with Crippen LogP contribution in [-0.2, 0) is 65.4 Å². The highest BCUT2D eigenvalue weighted by Crippen LogP contribution is 2.45. The molecular weight excluding hydrogens is 1350 g/mol. The molecule has 0 aromatic rings. The Balaban J connectivity index is 5.43. The third kappa shape index (κ3) is 75.4. The molecule has 0 aliphatic heterocycles. The van der Waals surface area contributed by atoms with Crippen molar-refractivity contribution < 1.29 is 80.2 Å². The highest BCUT2D eigenvalue weighted by atomic mass is 31.2. The maximum atomic E-state index is 13.1. The molecule has 0 aliphatic rings. The largest absolute Gasteiger partial charge is 0.472 e. The van der Waals surface area contributed by atoms with Gasteiger partial charge in [-0.05, 0) is 154 Å². The van der Waals surface area contributed by atoms with Crippen LogP contribution in [0, 0.1) is 0 Å². The molecule has 3 N–H and O–H groups in total. The van der Waals surface area contributed by atoms with Crippen LogP contribution in [0.25, 0.3) is 0 Å². The number of rotatable bonds is 75. The molecule has 19 heteroatoms. The van der Waals surface area contributed by atoms with Crippen molar-refractivity contribution in [3.05, 3.63) is 134 Å². The standard InChI is InChI=1S/C85H144O17P2/c1-5-9-13-17-21-25-29-33-36-38-39-41-43-47-50-54-58-62-66-70-83(88)96-76-81(102-85(90)72-68-64-60-56-52-48-44-40-37-34-30-26-22-18-14-10-6-2)78-100-104(93,94)98-74-79(86)73-97-103(91,92)99-77-80(101-84(89)71-67-63-59-55-51-45-32-28-24-20-16-12-8-4)75-95-82(87)69-65-61-57-53-49-46-42-35-31-27-23-19-15-11-7-3/h9-10,13-14,21-22,25-26,28,32-37,39,41-42,44,48,56,60,79-81,86H,5-8,11-12,15-20,23-24,27,29-31,38,40,43,45-47,49-55,57-59,61-78H2,1-4H3,(H,91,92)(H,93,94)/b13-9-,14-10-,25-21-,26-22-,32-28-,36-33-,37-34-,41-39-,42-35-,48-44-,60-56-. The lowest BCUT2D eigenvalue weighted by Crippen LogP contribution is -2.30. The van der Waals surface area contributed by atoms with Gasteiger partial charge in [0.25, 0.3) is 0 Å². The Morgan fingerprint density at radius 2 is 0.510 bits per heavy atom. The van der Waals surface area contributed by atoms with Crippen molar-refractivity contribution in [1.82, 2.24) is 0 Å². The summed E-state index contributed by atoms with van der Waals surface area (Å²) in [6.07, 6.45) is 85.8. The van der Waals surface area contributed by atoms with Gasteiger partial charge in [-0.25, -0.2) is 9.13 Å². The van der Waals surface area contributed by atoms with Gasteiger partial charge in [-0.2, -0.15) is 0 Å². The Bertz CT molecular complexity index is 2490. The summed E-state index contributed by atoms with van der Waals surface area (Å²) < 4.78 is 68.6. The molecule has 0 heterocycles. The van der Waals surface area contributed by atoms with E-state index < -0.39 is 97.5 Å². The zero-order chi connectivity index (χ0) is 76.0. The number of ether oxygens (including phenoxy) is 4. The van der Waals surface area contributed by atoms with E-state index in [9.17, 15) is 43.2 Å². The number of hydrogen-bond acceptors (Lipinski definition) is 15. The van der Waals surface area contributed by atoms with Gasteiger partial charge in [0, 0.05) is 25.7 Å². The molecule has 0 spiro atoms. The zero-order valence-electron chi connectivity index (χ0n) is 65.2. The minimum Gasteiger partial charge on any atom is -0.462 e. The van der Waals surface area contributed by atoms with E-state index in [1.54, 1.807) is 0 Å². The van der Waals surface area contributed by atoms with Crippen LogP contribution in [0.15, 0.2) is 134 Å². The van der Waals surface area contributed by atoms with E-state index in [0.717, 1.165) is 173 Å². The summed E-state index contributed by atoms with van der Waals surface area (Å²) in [5, 5.41) is 10.6. The number of carbonyl (C=O) groups is 4. The molecule has 17 nitrogen and oxygen atoms in total. The number of unbranched alkanes of at least 4 members (excludes halogenated alkanes) is 27. The van der Waals surface area contributed by atoms with Crippen LogP contribution in [-0.4, -0.2) is 96.7 Å². The zero-order valence-corrected chi connectivity index (χ0v) is 66.9. The van der Waals surface area contributed by atoms with Crippen LogP contribution in [0.5, 0.6) is 0 Å². The maximum absolute atomic E-state index is 13.1. The topological polar surface area (TPSA) is 237 Å². The van der Waals surface area contributed by atoms with Crippen molar-refractivity contribution in [1.29, 1.82) is 0 Å². The Morgan fingerprint density at radius 3 is 0.827 bits per heavy atom. The average molecular weight is 1500 g/mol. The Morgan fingerprint density at radius 1 is 0.279 bits per heavy atom. The van der Waals surface area contributed by atoms with Gasteiger partial charge in [-0.1, -0.05) is 277 Å². The van der Waals surface area contributed by atoms with E-state index >= 15 is 0 Å². The number of phosphoric ester groups is 2. The highest BCUT2D eigenvalue weighted by Gasteiger charge is 2.30. The monoisotopic (exact) mass is 1500 g/mol. The first-order chi connectivity index (χ1) is 50.7. The van der Waals surface area contributed by atoms with Gasteiger partial charge in [0.1, 0.15) is 19.3 Å². The molecule has 104 heavy (non-hydrogen) atoms. The molecule has 0 aromatic heterocycles. The molecule has 0 aliphatic carbocycles. The summed E-state index contributed by atoms with van der Waals surface area (Å²) in [5.41, 5.74) is 0. The van der Waals surface area contributed by atoms with Gasteiger partial charge in [0.15, 0.2) is 12.2 Å².